The number of allylic oxidation sites excluding steroid dienone is 22. The molecule has 0 aliphatic carbocycles. The van der Waals surface area contributed by atoms with E-state index in [2.05, 4.69) is 142 Å². The minimum atomic E-state index is -0.832. The highest BCUT2D eigenvalue weighted by atomic mass is 16.6. The van der Waals surface area contributed by atoms with Crippen molar-refractivity contribution in [2.45, 2.75) is 187 Å². The Morgan fingerprint density at radius 3 is 1.03 bits per heavy atom. The normalized spacial score (nSPS) is 13.3. The van der Waals surface area contributed by atoms with E-state index >= 15 is 0 Å². The summed E-state index contributed by atoms with van der Waals surface area (Å²) in [5.41, 5.74) is 0. The number of unbranched alkanes of at least 4 members (excludes halogenated alkanes) is 8. The van der Waals surface area contributed by atoms with Crippen LogP contribution in [0.1, 0.15) is 181 Å². The van der Waals surface area contributed by atoms with E-state index in [0.717, 1.165) is 116 Å². The molecule has 0 aliphatic heterocycles. The van der Waals surface area contributed by atoms with Crippen molar-refractivity contribution in [1.82, 2.24) is 0 Å². The molecule has 6 nitrogen and oxygen atoms in total. The third kappa shape index (κ3) is 46.6. The first kappa shape index (κ1) is 57.5. The van der Waals surface area contributed by atoms with E-state index in [1.54, 1.807) is 0 Å². The van der Waals surface area contributed by atoms with Crippen LogP contribution in [-0.4, -0.2) is 37.2 Å². The summed E-state index contributed by atoms with van der Waals surface area (Å²) in [6.45, 7) is 6.15. The number of carbonyl (C=O) groups excluding carboxylic acids is 3. The van der Waals surface area contributed by atoms with Crippen LogP contribution < -0.4 is 0 Å². The molecule has 0 rings (SSSR count). The lowest BCUT2D eigenvalue weighted by atomic mass is 10.1. The predicted molar refractivity (Wildman–Crippen MR) is 265 cm³/mol. The average molecular weight is 855 g/mol. The first-order chi connectivity index (χ1) is 30.5. The first-order valence-electron chi connectivity index (χ1n) is 24.2. The lowest BCUT2D eigenvalue weighted by molar-refractivity contribution is -0.166. The van der Waals surface area contributed by atoms with Crippen molar-refractivity contribution >= 4 is 17.9 Å². The third-order valence-electron chi connectivity index (χ3n) is 9.39. The minimum absolute atomic E-state index is 0.129. The average Bonchev–Trinajstić information content (AvgIpc) is 3.27. The van der Waals surface area contributed by atoms with E-state index in [9.17, 15) is 14.4 Å². The molecule has 0 N–H and O–H groups in total. The van der Waals surface area contributed by atoms with Crippen LogP contribution in [0, 0.1) is 0 Å². The molecule has 0 heterocycles. The van der Waals surface area contributed by atoms with E-state index in [1.807, 2.05) is 12.2 Å². The topological polar surface area (TPSA) is 78.9 Å². The number of carbonyl (C=O) groups is 3. The van der Waals surface area contributed by atoms with Crippen molar-refractivity contribution in [3.8, 4) is 0 Å². The second kappa shape index (κ2) is 49.2. The molecule has 1 atom stereocenters. The molecule has 0 spiro atoms. The maximum atomic E-state index is 12.8. The second-order valence-corrected chi connectivity index (χ2v) is 15.2. The van der Waals surface area contributed by atoms with E-state index in [-0.39, 0.29) is 44.0 Å². The molecule has 0 aromatic heterocycles. The lowest BCUT2D eigenvalue weighted by Crippen LogP contribution is -2.30. The fourth-order valence-corrected chi connectivity index (χ4v) is 5.87. The van der Waals surface area contributed by atoms with Crippen LogP contribution in [-0.2, 0) is 28.6 Å². The number of ether oxygens (including phenoxy) is 3. The molecule has 1 unspecified atom stereocenters. The Labute approximate surface area is 379 Å². The summed E-state index contributed by atoms with van der Waals surface area (Å²) >= 11 is 0. The fraction of sp³-hybridized carbons (Fsp3) is 0.554. The Kier molecular flexibility index (Phi) is 45.7. The zero-order chi connectivity index (χ0) is 45.1. The quantitative estimate of drug-likeness (QED) is 0.0264. The molecule has 0 saturated heterocycles. The monoisotopic (exact) mass is 855 g/mol. The maximum absolute atomic E-state index is 12.8. The SMILES string of the molecule is CC/C=C\C/C=C\C/C=C\C/C=C\C/C=C\C/C=C\CCC(=O)OCC(COC(=O)CCCC/C=C\C/C=C\CC)OC(=O)CCCCCCCC/C=C\C/C=C\C/C=C\CC. The minimum Gasteiger partial charge on any atom is -0.462 e. The van der Waals surface area contributed by atoms with Crippen LogP contribution in [0.3, 0.4) is 0 Å². The Morgan fingerprint density at radius 1 is 0.323 bits per heavy atom. The maximum Gasteiger partial charge on any atom is 0.306 e. The fourth-order valence-electron chi connectivity index (χ4n) is 5.87. The van der Waals surface area contributed by atoms with E-state index in [0.29, 0.717) is 19.3 Å². The number of hydrogen-bond donors (Lipinski definition) is 0. The summed E-state index contributed by atoms with van der Waals surface area (Å²) in [6, 6.07) is 0. The molecule has 0 aromatic carbocycles. The standard InChI is InChI=1S/C56H86O6/c1-4-7-10-13-16-19-21-23-25-27-28-29-31-32-34-37-40-43-46-49-55(58)61-52-53(51-60-54(57)48-45-42-39-36-18-15-12-9-6-3)62-56(59)50-47-44-41-38-35-33-30-26-24-22-20-17-14-11-8-5-2/h7-12,16-20,23-26,28-29,32,34,36,40,43,53H,4-6,13-15,21-22,27,30-31,33,35,37-39,41-42,44-52H2,1-3H3/b10-7-,11-8-,12-9-,19-16-,20-17-,25-23-,26-24-,29-28-,34-32-,36-18-,43-40-. The van der Waals surface area contributed by atoms with Gasteiger partial charge in [-0.1, -0.05) is 180 Å². The molecule has 0 saturated carbocycles. The highest BCUT2D eigenvalue weighted by Crippen LogP contribution is 2.12. The molecule has 0 fully saturated rings. The third-order valence-corrected chi connectivity index (χ3v) is 9.39. The van der Waals surface area contributed by atoms with Gasteiger partial charge in [0.15, 0.2) is 6.10 Å². The summed E-state index contributed by atoms with van der Waals surface area (Å²) < 4.78 is 16.6. The van der Waals surface area contributed by atoms with Crippen molar-refractivity contribution in [1.29, 1.82) is 0 Å². The Balaban J connectivity index is 4.53. The molecule has 62 heavy (non-hydrogen) atoms. The van der Waals surface area contributed by atoms with Crippen LogP contribution in [0.25, 0.3) is 0 Å². The van der Waals surface area contributed by atoms with Gasteiger partial charge >= 0.3 is 17.9 Å². The predicted octanol–water partition coefficient (Wildman–Crippen LogP) is 15.9. The van der Waals surface area contributed by atoms with Crippen molar-refractivity contribution in [3.05, 3.63) is 134 Å². The van der Waals surface area contributed by atoms with Crippen LogP contribution in [0.15, 0.2) is 134 Å². The zero-order valence-corrected chi connectivity index (χ0v) is 39.3. The van der Waals surface area contributed by atoms with Gasteiger partial charge in [0, 0.05) is 19.3 Å². The smallest absolute Gasteiger partial charge is 0.306 e. The molecular formula is C56H86O6. The largest absolute Gasteiger partial charge is 0.462 e. The molecule has 0 amide bonds. The Bertz CT molecular complexity index is 1400. The lowest BCUT2D eigenvalue weighted by Gasteiger charge is -2.18. The molecule has 0 aromatic rings. The van der Waals surface area contributed by atoms with Crippen LogP contribution in [0.2, 0.25) is 0 Å². The van der Waals surface area contributed by atoms with Gasteiger partial charge in [-0.05, 0) is 116 Å². The van der Waals surface area contributed by atoms with Gasteiger partial charge in [-0.3, -0.25) is 14.4 Å². The Hall–Kier alpha value is -4.45. The van der Waals surface area contributed by atoms with Gasteiger partial charge in [0.2, 0.25) is 0 Å². The van der Waals surface area contributed by atoms with Crippen LogP contribution in [0.4, 0.5) is 0 Å². The van der Waals surface area contributed by atoms with Crippen molar-refractivity contribution in [2.24, 2.45) is 0 Å². The van der Waals surface area contributed by atoms with Gasteiger partial charge in [-0.25, -0.2) is 0 Å². The first-order valence-corrected chi connectivity index (χ1v) is 24.2. The highest BCUT2D eigenvalue weighted by Gasteiger charge is 2.19. The summed E-state index contributed by atoms with van der Waals surface area (Å²) in [6.07, 6.45) is 68.9. The number of esters is 3. The molecular weight excluding hydrogens is 769 g/mol. The van der Waals surface area contributed by atoms with Gasteiger partial charge < -0.3 is 14.2 Å². The molecule has 346 valence electrons. The van der Waals surface area contributed by atoms with Crippen LogP contribution >= 0.6 is 0 Å². The summed E-state index contributed by atoms with van der Waals surface area (Å²) in [4.78, 5) is 37.8. The van der Waals surface area contributed by atoms with Gasteiger partial charge in [0.05, 0.1) is 0 Å². The molecule has 6 heteroatoms. The van der Waals surface area contributed by atoms with Gasteiger partial charge in [-0.15, -0.1) is 0 Å². The summed E-state index contributed by atoms with van der Waals surface area (Å²) in [7, 11) is 0. The van der Waals surface area contributed by atoms with Gasteiger partial charge in [-0.2, -0.15) is 0 Å². The Morgan fingerprint density at radius 2 is 0.613 bits per heavy atom. The van der Waals surface area contributed by atoms with E-state index in [4.69, 9.17) is 14.2 Å². The number of hydrogen-bond acceptors (Lipinski definition) is 6. The van der Waals surface area contributed by atoms with Crippen molar-refractivity contribution in [3.63, 3.8) is 0 Å². The van der Waals surface area contributed by atoms with Gasteiger partial charge in [0.1, 0.15) is 13.2 Å². The molecule has 0 aliphatic rings. The summed E-state index contributed by atoms with van der Waals surface area (Å²) in [5.74, 6) is -1.08. The number of rotatable bonds is 41. The van der Waals surface area contributed by atoms with Crippen molar-refractivity contribution < 1.29 is 28.6 Å². The molecule has 0 radical (unpaired) electrons. The van der Waals surface area contributed by atoms with E-state index in [1.165, 1.54) is 12.8 Å². The second-order valence-electron chi connectivity index (χ2n) is 15.2. The zero-order valence-electron chi connectivity index (χ0n) is 39.3. The summed E-state index contributed by atoms with van der Waals surface area (Å²) in [5, 5.41) is 0. The van der Waals surface area contributed by atoms with Crippen molar-refractivity contribution in [2.75, 3.05) is 13.2 Å². The van der Waals surface area contributed by atoms with Gasteiger partial charge in [0.25, 0.3) is 0 Å². The van der Waals surface area contributed by atoms with E-state index < -0.39 is 6.10 Å². The van der Waals surface area contributed by atoms with Crippen LogP contribution in [0.5, 0.6) is 0 Å². The molecule has 0 bridgehead atoms. The highest BCUT2D eigenvalue weighted by molar-refractivity contribution is 5.71.